The summed E-state index contributed by atoms with van der Waals surface area (Å²) in [6.45, 7) is 4.11. The summed E-state index contributed by atoms with van der Waals surface area (Å²) in [5.74, 6) is -2.99. The molecule has 0 unspecified atom stereocenters. The minimum absolute atomic E-state index is 0.0925. The first-order valence-corrected chi connectivity index (χ1v) is 10.2. The molecule has 11 heteroatoms. The third-order valence-electron chi connectivity index (χ3n) is 4.63. The lowest BCUT2D eigenvalue weighted by Crippen LogP contribution is -2.52. The van der Waals surface area contributed by atoms with Crippen LogP contribution in [0.2, 0.25) is 0 Å². The number of carboxylic acids is 2. The summed E-state index contributed by atoms with van der Waals surface area (Å²) in [6.07, 6.45) is 2.32. The van der Waals surface area contributed by atoms with Crippen LogP contribution in [0, 0.1) is 0 Å². The molecule has 30 heavy (non-hydrogen) atoms. The monoisotopic (exact) mass is 433 g/mol. The summed E-state index contributed by atoms with van der Waals surface area (Å²) >= 11 is 0. The largest absolute Gasteiger partial charge is 0.480 e. The van der Waals surface area contributed by atoms with Gasteiger partial charge in [-0.15, -0.1) is 0 Å². The molecule has 1 fully saturated rings. The number of nitrogens with one attached hydrogen (secondary N) is 1. The van der Waals surface area contributed by atoms with Crippen molar-refractivity contribution in [2.24, 2.45) is 5.73 Å². The van der Waals surface area contributed by atoms with Gasteiger partial charge in [0.1, 0.15) is 6.04 Å². The van der Waals surface area contributed by atoms with Gasteiger partial charge in [0, 0.05) is 32.4 Å². The Morgan fingerprint density at radius 3 is 2.17 bits per heavy atom. The molecule has 0 aromatic carbocycles. The average Bonchev–Trinajstić information content (AvgIpc) is 3.08. The molecule has 1 rings (SSSR count). The van der Waals surface area contributed by atoms with Crippen LogP contribution in [0.15, 0.2) is 0 Å². The van der Waals surface area contributed by atoms with Crippen LogP contribution in [0.3, 0.4) is 0 Å². The van der Waals surface area contributed by atoms with Crippen molar-refractivity contribution >= 4 is 23.8 Å². The second-order valence-corrected chi connectivity index (χ2v) is 7.20. The second kappa shape index (κ2) is 13.9. The molecule has 1 saturated heterocycles. The Balaban J connectivity index is 0.000000564. The van der Waals surface area contributed by atoms with E-state index in [-0.39, 0.29) is 44.0 Å². The topological polar surface area (TPSA) is 190 Å². The lowest BCUT2D eigenvalue weighted by molar-refractivity contribution is -0.182. The molecular formula is C19H35N3O8. The van der Waals surface area contributed by atoms with Crippen LogP contribution in [-0.4, -0.2) is 80.0 Å². The molecule has 0 bridgehead atoms. The third-order valence-corrected chi connectivity index (χ3v) is 4.63. The summed E-state index contributed by atoms with van der Waals surface area (Å²) in [4.78, 5) is 45.4. The van der Waals surface area contributed by atoms with E-state index in [2.05, 4.69) is 5.32 Å². The fourth-order valence-electron chi connectivity index (χ4n) is 2.93. The number of aliphatic carboxylic acids is 2. The standard InChI is InChI=1S/C10H20N2O4.C9H15NO4/c1-2-3-9(14)12-8(10(15)16)5-4-7(13)6-11;1-2-4-7(11)10-6-3-5-9(10,14)8(12)13/h7-8,13H,2-6,11H2,1H3,(H,12,14)(H,15,16);14H,2-6H2,1H3,(H,12,13)/t7-,8+;9-/m11/s1. The maximum absolute atomic E-state index is 11.5. The van der Waals surface area contributed by atoms with Crippen LogP contribution < -0.4 is 11.1 Å². The minimum Gasteiger partial charge on any atom is -0.480 e. The third kappa shape index (κ3) is 9.06. The lowest BCUT2D eigenvalue weighted by atomic mass is 10.1. The molecule has 0 aromatic rings. The van der Waals surface area contributed by atoms with Crippen molar-refractivity contribution in [2.75, 3.05) is 13.1 Å². The number of carbonyl (C=O) groups is 4. The van der Waals surface area contributed by atoms with Crippen molar-refractivity contribution in [1.82, 2.24) is 10.2 Å². The van der Waals surface area contributed by atoms with Crippen molar-refractivity contribution in [1.29, 1.82) is 0 Å². The highest BCUT2D eigenvalue weighted by molar-refractivity contribution is 5.86. The van der Waals surface area contributed by atoms with Gasteiger partial charge in [0.05, 0.1) is 6.10 Å². The van der Waals surface area contributed by atoms with Crippen LogP contribution in [0.5, 0.6) is 0 Å². The maximum Gasteiger partial charge on any atom is 0.357 e. The normalized spacial score (nSPS) is 20.0. The Morgan fingerprint density at radius 2 is 1.70 bits per heavy atom. The number of carbonyl (C=O) groups excluding carboxylic acids is 2. The highest BCUT2D eigenvalue weighted by Gasteiger charge is 2.48. The fraction of sp³-hybridized carbons (Fsp3) is 0.789. The van der Waals surface area contributed by atoms with E-state index in [0.29, 0.717) is 32.2 Å². The molecule has 1 aliphatic rings. The zero-order chi connectivity index (χ0) is 23.3. The molecule has 0 aromatic heterocycles. The Morgan fingerprint density at radius 1 is 1.10 bits per heavy atom. The molecule has 0 aliphatic carbocycles. The quantitative estimate of drug-likeness (QED) is 0.252. The first kappa shape index (κ1) is 27.8. The number of aliphatic hydroxyl groups excluding tert-OH is 1. The van der Waals surface area contributed by atoms with Crippen molar-refractivity contribution in [3.05, 3.63) is 0 Å². The summed E-state index contributed by atoms with van der Waals surface area (Å²) < 4.78 is 0. The second-order valence-electron chi connectivity index (χ2n) is 7.20. The van der Waals surface area contributed by atoms with Gasteiger partial charge in [-0.25, -0.2) is 9.59 Å². The predicted octanol–water partition coefficient (Wildman–Crippen LogP) is -0.362. The van der Waals surface area contributed by atoms with E-state index in [1.807, 2.05) is 13.8 Å². The summed E-state index contributed by atoms with van der Waals surface area (Å²) in [6, 6.07) is -0.944. The Hall–Kier alpha value is -2.24. The van der Waals surface area contributed by atoms with Crippen LogP contribution >= 0.6 is 0 Å². The van der Waals surface area contributed by atoms with E-state index in [0.717, 1.165) is 4.90 Å². The first-order chi connectivity index (χ1) is 14.0. The van der Waals surface area contributed by atoms with Gasteiger partial charge < -0.3 is 36.4 Å². The van der Waals surface area contributed by atoms with Crippen molar-refractivity contribution < 1.29 is 39.6 Å². The van der Waals surface area contributed by atoms with E-state index in [4.69, 9.17) is 15.9 Å². The van der Waals surface area contributed by atoms with E-state index < -0.39 is 29.8 Å². The van der Waals surface area contributed by atoms with Gasteiger partial charge in [0.15, 0.2) is 0 Å². The summed E-state index contributed by atoms with van der Waals surface area (Å²) in [5.41, 5.74) is 3.23. The molecule has 1 aliphatic heterocycles. The molecule has 7 N–H and O–H groups in total. The van der Waals surface area contributed by atoms with Crippen molar-refractivity contribution in [3.8, 4) is 0 Å². The van der Waals surface area contributed by atoms with Crippen molar-refractivity contribution in [2.45, 2.75) is 83.1 Å². The number of hydrogen-bond acceptors (Lipinski definition) is 7. The molecular weight excluding hydrogens is 398 g/mol. The van der Waals surface area contributed by atoms with Crippen LogP contribution in [0.25, 0.3) is 0 Å². The number of rotatable bonds is 11. The highest BCUT2D eigenvalue weighted by atomic mass is 16.4. The molecule has 2 amide bonds. The van der Waals surface area contributed by atoms with E-state index in [1.54, 1.807) is 0 Å². The summed E-state index contributed by atoms with van der Waals surface area (Å²) in [7, 11) is 0. The number of amides is 2. The van der Waals surface area contributed by atoms with Gasteiger partial charge in [-0.2, -0.15) is 0 Å². The lowest BCUT2D eigenvalue weighted by Gasteiger charge is -2.29. The van der Waals surface area contributed by atoms with E-state index in [1.165, 1.54) is 0 Å². The smallest absolute Gasteiger partial charge is 0.357 e. The zero-order valence-corrected chi connectivity index (χ0v) is 17.7. The Kier molecular flexibility index (Phi) is 12.8. The van der Waals surface area contributed by atoms with Gasteiger partial charge in [-0.1, -0.05) is 13.8 Å². The number of hydrogen-bond donors (Lipinski definition) is 6. The predicted molar refractivity (Wildman–Crippen MR) is 107 cm³/mol. The Labute approximate surface area is 176 Å². The molecule has 3 atom stereocenters. The first-order valence-electron chi connectivity index (χ1n) is 10.2. The highest BCUT2D eigenvalue weighted by Crippen LogP contribution is 2.27. The molecule has 0 radical (unpaired) electrons. The van der Waals surface area contributed by atoms with Crippen LogP contribution in [0.1, 0.15) is 65.2 Å². The number of nitrogens with two attached hydrogens (primary N) is 1. The van der Waals surface area contributed by atoms with Gasteiger partial charge in [-0.3, -0.25) is 9.59 Å². The number of aliphatic hydroxyl groups is 2. The van der Waals surface area contributed by atoms with Gasteiger partial charge in [0.2, 0.25) is 17.5 Å². The van der Waals surface area contributed by atoms with E-state index >= 15 is 0 Å². The molecule has 1 heterocycles. The SMILES string of the molecule is CCCC(=O)N1CCC[C@@]1(O)C(=O)O.CCCC(=O)N[C@@H](CC[C@@H](O)CN)C(=O)O. The Bertz CT molecular complexity index is 586. The van der Waals surface area contributed by atoms with Gasteiger partial charge in [0.25, 0.3) is 0 Å². The summed E-state index contributed by atoms with van der Waals surface area (Å²) in [5, 5.41) is 39.0. The zero-order valence-electron chi connectivity index (χ0n) is 17.7. The minimum atomic E-state index is -1.97. The molecule has 0 saturated carbocycles. The number of likely N-dealkylation sites (tertiary alicyclic amines) is 1. The maximum atomic E-state index is 11.5. The average molecular weight is 434 g/mol. The van der Waals surface area contributed by atoms with Gasteiger partial charge in [-0.05, 0) is 32.1 Å². The van der Waals surface area contributed by atoms with Crippen LogP contribution in [0.4, 0.5) is 0 Å². The number of carboxylic acid groups (broad SMARTS) is 2. The molecule has 174 valence electrons. The van der Waals surface area contributed by atoms with Crippen LogP contribution in [-0.2, 0) is 19.2 Å². The van der Waals surface area contributed by atoms with Gasteiger partial charge >= 0.3 is 11.9 Å². The fourth-order valence-corrected chi connectivity index (χ4v) is 2.93. The molecule has 11 nitrogen and oxygen atoms in total. The van der Waals surface area contributed by atoms with Crippen molar-refractivity contribution in [3.63, 3.8) is 0 Å². The molecule has 0 spiro atoms. The number of nitrogens with zero attached hydrogens (tertiary/aromatic N) is 1. The van der Waals surface area contributed by atoms with E-state index in [9.17, 15) is 29.4 Å².